The summed E-state index contributed by atoms with van der Waals surface area (Å²) in [6.45, 7) is 3.73. The first-order valence-electron chi connectivity index (χ1n) is 23.4. The largest absolute Gasteiger partial charge is 0.756 e. The molecule has 358 valence electrons. The van der Waals surface area contributed by atoms with Gasteiger partial charge < -0.3 is 48.0 Å². The predicted molar refractivity (Wildman–Crippen MR) is 244 cm³/mol. The van der Waals surface area contributed by atoms with Crippen molar-refractivity contribution in [1.82, 2.24) is 0 Å². The van der Waals surface area contributed by atoms with Crippen LogP contribution in [-0.4, -0.2) is 110 Å². The molecule has 14 heteroatoms. The Morgan fingerprint density at radius 2 is 1.35 bits per heavy atom. The number of unbranched alkanes of at least 4 members (excludes halogenated alkanes) is 10. The molecule has 0 saturated carbocycles. The second kappa shape index (κ2) is 35.8. The van der Waals surface area contributed by atoms with E-state index >= 15 is 0 Å². The van der Waals surface area contributed by atoms with Gasteiger partial charge in [-0.05, 0) is 64.2 Å². The van der Waals surface area contributed by atoms with Crippen molar-refractivity contribution in [2.24, 2.45) is 5.92 Å². The first-order chi connectivity index (χ1) is 29.7. The Kier molecular flexibility index (Phi) is 33.3. The van der Waals surface area contributed by atoms with Crippen LogP contribution < -0.4 is 4.89 Å². The monoisotopic (exact) mass is 898 g/mol. The maximum atomic E-state index is 12.7. The number of ether oxygens (including phenoxy) is 3. The van der Waals surface area contributed by atoms with Crippen molar-refractivity contribution in [3.8, 4) is 0 Å². The van der Waals surface area contributed by atoms with Gasteiger partial charge in [-0.2, -0.15) is 0 Å². The van der Waals surface area contributed by atoms with E-state index in [1.54, 1.807) is 12.2 Å². The number of rotatable bonds is 37. The molecule has 0 spiro atoms. The van der Waals surface area contributed by atoms with Gasteiger partial charge in [-0.25, -0.2) is 0 Å². The molecule has 0 aromatic heterocycles. The smallest absolute Gasteiger partial charge is 0.306 e. The van der Waals surface area contributed by atoms with Crippen molar-refractivity contribution < 1.29 is 62.1 Å². The third kappa shape index (κ3) is 33.1. The van der Waals surface area contributed by atoms with E-state index in [4.69, 9.17) is 23.3 Å². The zero-order chi connectivity index (χ0) is 45.9. The van der Waals surface area contributed by atoms with E-state index < -0.39 is 57.1 Å². The molecule has 0 aromatic rings. The Balaban J connectivity index is 2.55. The van der Waals surface area contributed by atoms with E-state index in [1.165, 1.54) is 38.5 Å². The summed E-state index contributed by atoms with van der Waals surface area (Å²) in [5, 5.41) is 31.0. The van der Waals surface area contributed by atoms with Gasteiger partial charge in [0.2, 0.25) is 0 Å². The molecule has 0 radical (unpaired) electrons. The average molecular weight is 898 g/mol. The molecule has 0 bridgehead atoms. The molecule has 1 fully saturated rings. The highest BCUT2D eigenvalue weighted by molar-refractivity contribution is 7.45. The van der Waals surface area contributed by atoms with E-state index in [0.29, 0.717) is 49.6 Å². The zero-order valence-corrected chi connectivity index (χ0v) is 39.7. The third-order valence-electron chi connectivity index (χ3n) is 10.3. The maximum Gasteiger partial charge on any atom is 0.306 e. The number of hydrogen-bond acceptors (Lipinski definition) is 12. The second-order valence-corrected chi connectivity index (χ2v) is 18.7. The molecule has 1 aliphatic rings. The minimum atomic E-state index is -4.71. The van der Waals surface area contributed by atoms with Crippen LogP contribution in [0.4, 0.5) is 0 Å². The summed E-state index contributed by atoms with van der Waals surface area (Å²) in [6.07, 6.45) is 33.1. The van der Waals surface area contributed by atoms with Crippen molar-refractivity contribution in [2.75, 3.05) is 47.5 Å². The molecule has 62 heavy (non-hydrogen) atoms. The van der Waals surface area contributed by atoms with Gasteiger partial charge in [-0.15, -0.1) is 0 Å². The summed E-state index contributed by atoms with van der Waals surface area (Å²) in [5.74, 6) is -1.41. The number of esters is 2. The summed E-state index contributed by atoms with van der Waals surface area (Å²) in [6, 6.07) is 0. The van der Waals surface area contributed by atoms with E-state index in [2.05, 4.69) is 44.2 Å². The van der Waals surface area contributed by atoms with Crippen LogP contribution in [0, 0.1) is 5.92 Å². The van der Waals surface area contributed by atoms with Gasteiger partial charge in [0.15, 0.2) is 12.4 Å². The Morgan fingerprint density at radius 3 is 2.02 bits per heavy atom. The lowest BCUT2D eigenvalue weighted by atomic mass is 9.87. The number of carbonyl (C=O) groups excluding carboxylic acids is 2. The topological polar surface area (TPSA) is 181 Å². The zero-order valence-electron chi connectivity index (χ0n) is 38.8. The van der Waals surface area contributed by atoms with E-state index in [0.717, 1.165) is 38.5 Å². The minimum Gasteiger partial charge on any atom is -0.756 e. The molecule has 0 aliphatic carbocycles. The molecule has 1 heterocycles. The van der Waals surface area contributed by atoms with Crippen molar-refractivity contribution >= 4 is 19.8 Å². The molecule has 1 saturated heterocycles. The lowest BCUT2D eigenvalue weighted by Gasteiger charge is -2.36. The Labute approximate surface area is 374 Å². The number of quaternary nitrogens is 1. The minimum absolute atomic E-state index is 0.0696. The molecule has 0 amide bonds. The summed E-state index contributed by atoms with van der Waals surface area (Å²) in [4.78, 5) is 37.8. The molecule has 13 nitrogen and oxygen atoms in total. The fraction of sp³-hybridized carbons (Fsp3) is 0.750. The van der Waals surface area contributed by atoms with Crippen LogP contribution in [-0.2, 0) is 37.4 Å². The van der Waals surface area contributed by atoms with Gasteiger partial charge in [-0.1, -0.05) is 126 Å². The van der Waals surface area contributed by atoms with Crippen LogP contribution in [0.15, 0.2) is 60.8 Å². The van der Waals surface area contributed by atoms with Crippen LogP contribution in [0.5, 0.6) is 0 Å². The fourth-order valence-electron chi connectivity index (χ4n) is 6.53. The van der Waals surface area contributed by atoms with Gasteiger partial charge in [-0.3, -0.25) is 14.2 Å². The Morgan fingerprint density at radius 1 is 0.774 bits per heavy atom. The Bertz CT molecular complexity index is 1360. The third-order valence-corrected chi connectivity index (χ3v) is 11.3. The molecular weight excluding hydrogens is 813 g/mol. The molecule has 3 N–H and O–H groups in total. The second-order valence-electron chi connectivity index (χ2n) is 17.3. The summed E-state index contributed by atoms with van der Waals surface area (Å²) < 4.78 is 39.5. The molecule has 1 aliphatic heterocycles. The number of nitrogens with zero attached hydrogens (tertiary/aromatic N) is 1. The first kappa shape index (κ1) is 57.6. The van der Waals surface area contributed by atoms with Crippen LogP contribution >= 0.6 is 7.82 Å². The van der Waals surface area contributed by atoms with Crippen molar-refractivity contribution in [3.05, 3.63) is 60.8 Å². The molecule has 2 unspecified atom stereocenters. The Hall–Kier alpha value is -2.45. The van der Waals surface area contributed by atoms with E-state index in [1.807, 2.05) is 39.4 Å². The number of phosphoric acid groups is 1. The SMILES string of the molecule is CCCCCCCC/C=C\C/C=C\C/C=C\CCCC(=O)O[C@H](COC(=O)CCC/C=C\C[C@H]1[C@@H](O)CC(O)O[C@@H]1/C=C/[C@@H](O)CCCCC)COP(=O)([O-])OCC[N+](C)(C)C. The van der Waals surface area contributed by atoms with Crippen molar-refractivity contribution in [1.29, 1.82) is 0 Å². The molecular formula is C48H84NO12P. The van der Waals surface area contributed by atoms with Gasteiger partial charge in [0.1, 0.15) is 19.8 Å². The number of aliphatic hydroxyl groups excluding tert-OH is 3. The lowest BCUT2D eigenvalue weighted by molar-refractivity contribution is -0.870. The summed E-state index contributed by atoms with van der Waals surface area (Å²) in [7, 11) is 0.977. The van der Waals surface area contributed by atoms with Gasteiger partial charge >= 0.3 is 11.9 Å². The van der Waals surface area contributed by atoms with Crippen molar-refractivity contribution in [2.45, 2.75) is 179 Å². The number of phosphoric ester groups is 1. The van der Waals surface area contributed by atoms with Crippen LogP contribution in [0.1, 0.15) is 149 Å². The summed E-state index contributed by atoms with van der Waals surface area (Å²) in [5.41, 5.74) is 0. The fourth-order valence-corrected chi connectivity index (χ4v) is 7.26. The quantitative estimate of drug-likeness (QED) is 0.0178. The van der Waals surface area contributed by atoms with Gasteiger partial charge in [0, 0.05) is 25.2 Å². The highest BCUT2D eigenvalue weighted by Gasteiger charge is 2.35. The predicted octanol–water partition coefficient (Wildman–Crippen LogP) is 8.72. The summed E-state index contributed by atoms with van der Waals surface area (Å²) >= 11 is 0. The maximum absolute atomic E-state index is 12.7. The molecule has 7 atom stereocenters. The van der Waals surface area contributed by atoms with Crippen LogP contribution in [0.3, 0.4) is 0 Å². The number of likely N-dealkylation sites (N-methyl/N-ethyl adjacent to an activating group) is 1. The number of allylic oxidation sites excluding steroid dienone is 8. The average Bonchev–Trinajstić information content (AvgIpc) is 3.20. The molecule has 0 aromatic carbocycles. The lowest BCUT2D eigenvalue weighted by Crippen LogP contribution is -2.43. The van der Waals surface area contributed by atoms with E-state index in [9.17, 15) is 34.4 Å². The van der Waals surface area contributed by atoms with Gasteiger partial charge in [0.05, 0.1) is 46.1 Å². The number of hydrogen-bond donors (Lipinski definition) is 3. The first-order valence-corrected chi connectivity index (χ1v) is 24.8. The molecule has 1 rings (SSSR count). The highest BCUT2D eigenvalue weighted by atomic mass is 31.2. The standard InChI is InChI=1S/C48H84NO12P/c1-6-8-10-11-12-13-14-15-16-17-18-19-20-21-22-23-29-33-47(53)60-42(40-59-62(55,56)58-37-36-49(3,4)5)39-57-46(52)32-28-25-24-27-31-43-44(51)38-48(54)61-45(43)35-34-41(50)30-26-9-7-2/h15-16,18-19,21-22,24,27,34-35,41-45,48,50-51,54H,6-14,17,20,23,25-26,28-33,36-40H2,1-5H3/b16-15-,19-18-,22-21-,27-24-,35-34+/t41-,42+,43-,44-,45+,48?/m0/s1. The normalized spacial score (nSPS) is 20.8. The van der Waals surface area contributed by atoms with Gasteiger partial charge in [0.25, 0.3) is 7.82 Å². The highest BCUT2D eigenvalue weighted by Crippen LogP contribution is 2.38. The number of aliphatic hydroxyl groups is 3. The van der Waals surface area contributed by atoms with Crippen molar-refractivity contribution in [3.63, 3.8) is 0 Å². The van der Waals surface area contributed by atoms with E-state index in [-0.39, 0.29) is 38.4 Å². The van der Waals surface area contributed by atoms with Crippen LogP contribution in [0.2, 0.25) is 0 Å². The van der Waals surface area contributed by atoms with Crippen LogP contribution in [0.25, 0.3) is 0 Å². The number of carbonyl (C=O) groups is 2.